The van der Waals surface area contributed by atoms with Crippen molar-refractivity contribution in [1.82, 2.24) is 5.32 Å². The Balaban J connectivity index is 2.07. The van der Waals surface area contributed by atoms with Crippen LogP contribution in [-0.2, 0) is 11.2 Å². The molecule has 1 aromatic carbocycles. The molecule has 1 aromatic rings. The SMILES string of the molecule is CNC(=O)Cc1ccccc1NC1CCC(C)CC1C. The maximum Gasteiger partial charge on any atom is 0.224 e. The van der Waals surface area contributed by atoms with Gasteiger partial charge in [0.2, 0.25) is 5.91 Å². The third-order valence-electron chi connectivity index (χ3n) is 4.42. The number of anilines is 1. The lowest BCUT2D eigenvalue weighted by atomic mass is 9.79. The molecule has 3 atom stereocenters. The summed E-state index contributed by atoms with van der Waals surface area (Å²) in [5.41, 5.74) is 2.19. The fraction of sp³-hybridized carbons (Fsp3) is 0.588. The van der Waals surface area contributed by atoms with Gasteiger partial charge < -0.3 is 10.6 Å². The molecule has 0 saturated heterocycles. The molecule has 20 heavy (non-hydrogen) atoms. The second-order valence-electron chi connectivity index (χ2n) is 6.15. The monoisotopic (exact) mass is 274 g/mol. The first-order valence-electron chi connectivity index (χ1n) is 7.65. The summed E-state index contributed by atoms with van der Waals surface area (Å²) in [6.07, 6.45) is 4.24. The molecule has 0 aliphatic heterocycles. The lowest BCUT2D eigenvalue weighted by Gasteiger charge is -2.34. The van der Waals surface area contributed by atoms with E-state index in [2.05, 4.69) is 30.5 Å². The van der Waals surface area contributed by atoms with Gasteiger partial charge in [0, 0.05) is 18.8 Å². The Morgan fingerprint density at radius 1 is 1.25 bits per heavy atom. The van der Waals surface area contributed by atoms with E-state index in [1.807, 2.05) is 18.2 Å². The first kappa shape index (κ1) is 14.9. The van der Waals surface area contributed by atoms with Gasteiger partial charge in [-0.15, -0.1) is 0 Å². The van der Waals surface area contributed by atoms with Gasteiger partial charge in [0.25, 0.3) is 0 Å². The van der Waals surface area contributed by atoms with Gasteiger partial charge in [0.1, 0.15) is 0 Å². The van der Waals surface area contributed by atoms with Gasteiger partial charge >= 0.3 is 0 Å². The van der Waals surface area contributed by atoms with E-state index >= 15 is 0 Å². The minimum Gasteiger partial charge on any atom is -0.382 e. The summed E-state index contributed by atoms with van der Waals surface area (Å²) in [5.74, 6) is 1.58. The molecule has 110 valence electrons. The second-order valence-corrected chi connectivity index (χ2v) is 6.15. The highest BCUT2D eigenvalue weighted by molar-refractivity contribution is 5.80. The molecule has 0 heterocycles. The van der Waals surface area contributed by atoms with E-state index in [1.165, 1.54) is 19.3 Å². The second kappa shape index (κ2) is 6.78. The zero-order valence-corrected chi connectivity index (χ0v) is 12.8. The Morgan fingerprint density at radius 2 is 2.00 bits per heavy atom. The molecule has 0 aromatic heterocycles. The molecule has 3 nitrogen and oxygen atoms in total. The van der Waals surface area contributed by atoms with Crippen LogP contribution in [0.3, 0.4) is 0 Å². The van der Waals surface area contributed by atoms with Gasteiger partial charge in [-0.05, 0) is 42.7 Å². The zero-order valence-electron chi connectivity index (χ0n) is 12.8. The number of likely N-dealkylation sites (N-methyl/N-ethyl adjacent to an activating group) is 1. The molecule has 1 fully saturated rings. The molecule has 3 heteroatoms. The number of hydrogen-bond acceptors (Lipinski definition) is 2. The van der Waals surface area contributed by atoms with Crippen molar-refractivity contribution in [3.05, 3.63) is 29.8 Å². The van der Waals surface area contributed by atoms with Crippen LogP contribution in [0.1, 0.15) is 38.7 Å². The van der Waals surface area contributed by atoms with Crippen molar-refractivity contribution < 1.29 is 4.79 Å². The highest BCUT2D eigenvalue weighted by atomic mass is 16.1. The molecular weight excluding hydrogens is 248 g/mol. The molecule has 0 radical (unpaired) electrons. The van der Waals surface area contributed by atoms with Crippen molar-refractivity contribution in [3.8, 4) is 0 Å². The van der Waals surface area contributed by atoms with Gasteiger partial charge in [-0.1, -0.05) is 32.0 Å². The summed E-state index contributed by atoms with van der Waals surface area (Å²) in [7, 11) is 1.68. The number of carbonyl (C=O) groups is 1. The van der Waals surface area contributed by atoms with Crippen LogP contribution in [0.5, 0.6) is 0 Å². The normalized spacial score (nSPS) is 26.1. The van der Waals surface area contributed by atoms with Crippen LogP contribution in [0.2, 0.25) is 0 Å². The number of amides is 1. The average molecular weight is 274 g/mol. The molecule has 0 spiro atoms. The summed E-state index contributed by atoms with van der Waals surface area (Å²) in [4.78, 5) is 11.6. The largest absolute Gasteiger partial charge is 0.382 e. The lowest BCUT2D eigenvalue weighted by molar-refractivity contribution is -0.119. The van der Waals surface area contributed by atoms with Gasteiger partial charge in [0.15, 0.2) is 0 Å². The fourth-order valence-electron chi connectivity index (χ4n) is 3.16. The van der Waals surface area contributed by atoms with Crippen LogP contribution in [0.4, 0.5) is 5.69 Å². The Bertz CT molecular complexity index is 458. The third kappa shape index (κ3) is 3.75. The van der Waals surface area contributed by atoms with Crippen LogP contribution < -0.4 is 10.6 Å². The van der Waals surface area contributed by atoms with Crippen molar-refractivity contribution in [2.45, 2.75) is 45.6 Å². The van der Waals surface area contributed by atoms with Crippen LogP contribution in [0.25, 0.3) is 0 Å². The van der Waals surface area contributed by atoms with Crippen molar-refractivity contribution in [2.75, 3.05) is 12.4 Å². The van der Waals surface area contributed by atoms with E-state index in [9.17, 15) is 4.79 Å². The number of benzene rings is 1. The smallest absolute Gasteiger partial charge is 0.224 e. The van der Waals surface area contributed by atoms with E-state index in [0.717, 1.165) is 17.2 Å². The number of carbonyl (C=O) groups excluding carboxylic acids is 1. The van der Waals surface area contributed by atoms with Crippen molar-refractivity contribution in [3.63, 3.8) is 0 Å². The highest BCUT2D eigenvalue weighted by Gasteiger charge is 2.25. The number of para-hydroxylation sites is 1. The molecule has 1 aliphatic rings. The lowest BCUT2D eigenvalue weighted by Crippen LogP contribution is -2.33. The Labute approximate surface area is 122 Å². The number of hydrogen-bond donors (Lipinski definition) is 2. The van der Waals surface area contributed by atoms with Gasteiger partial charge in [0.05, 0.1) is 6.42 Å². The summed E-state index contributed by atoms with van der Waals surface area (Å²) in [6.45, 7) is 4.67. The molecule has 2 N–H and O–H groups in total. The zero-order chi connectivity index (χ0) is 14.5. The summed E-state index contributed by atoms with van der Waals surface area (Å²) >= 11 is 0. The van der Waals surface area contributed by atoms with Crippen molar-refractivity contribution >= 4 is 11.6 Å². The van der Waals surface area contributed by atoms with E-state index in [-0.39, 0.29) is 5.91 Å². The topological polar surface area (TPSA) is 41.1 Å². The number of nitrogens with one attached hydrogen (secondary N) is 2. The summed E-state index contributed by atoms with van der Waals surface area (Å²) < 4.78 is 0. The number of rotatable bonds is 4. The Kier molecular flexibility index (Phi) is 5.05. The predicted octanol–water partition coefficient (Wildman–Crippen LogP) is 3.21. The van der Waals surface area contributed by atoms with E-state index in [0.29, 0.717) is 18.4 Å². The van der Waals surface area contributed by atoms with E-state index < -0.39 is 0 Å². The molecular formula is C17H26N2O. The maximum absolute atomic E-state index is 11.6. The molecule has 1 aliphatic carbocycles. The molecule has 3 unspecified atom stereocenters. The minimum atomic E-state index is 0.0598. The first-order chi connectivity index (χ1) is 9.60. The predicted molar refractivity (Wildman–Crippen MR) is 83.8 cm³/mol. The fourth-order valence-corrected chi connectivity index (χ4v) is 3.16. The van der Waals surface area contributed by atoms with E-state index in [4.69, 9.17) is 0 Å². The standard InChI is InChI=1S/C17H26N2O/c1-12-8-9-15(13(2)10-12)19-16-7-5-4-6-14(16)11-17(20)18-3/h4-7,12-13,15,19H,8-11H2,1-3H3,(H,18,20). The molecule has 2 rings (SSSR count). The Morgan fingerprint density at radius 3 is 2.70 bits per heavy atom. The van der Waals surface area contributed by atoms with Crippen LogP contribution in [0.15, 0.2) is 24.3 Å². The quantitative estimate of drug-likeness (QED) is 0.885. The summed E-state index contributed by atoms with van der Waals surface area (Å²) in [5, 5.41) is 6.36. The Hall–Kier alpha value is -1.51. The highest BCUT2D eigenvalue weighted by Crippen LogP contribution is 2.31. The van der Waals surface area contributed by atoms with Gasteiger partial charge in [-0.2, -0.15) is 0 Å². The van der Waals surface area contributed by atoms with Crippen molar-refractivity contribution in [2.24, 2.45) is 11.8 Å². The maximum atomic E-state index is 11.6. The molecule has 1 amide bonds. The van der Waals surface area contributed by atoms with Crippen LogP contribution in [0, 0.1) is 11.8 Å². The minimum absolute atomic E-state index is 0.0598. The first-order valence-corrected chi connectivity index (χ1v) is 7.65. The average Bonchev–Trinajstić information content (AvgIpc) is 2.43. The van der Waals surface area contributed by atoms with Crippen LogP contribution in [-0.4, -0.2) is 19.0 Å². The van der Waals surface area contributed by atoms with E-state index in [1.54, 1.807) is 7.05 Å². The van der Waals surface area contributed by atoms with Crippen molar-refractivity contribution in [1.29, 1.82) is 0 Å². The van der Waals surface area contributed by atoms with Crippen LogP contribution >= 0.6 is 0 Å². The summed E-state index contributed by atoms with van der Waals surface area (Å²) in [6, 6.07) is 8.68. The molecule has 0 bridgehead atoms. The molecule has 1 saturated carbocycles. The third-order valence-corrected chi connectivity index (χ3v) is 4.42. The van der Waals surface area contributed by atoms with Gasteiger partial charge in [-0.3, -0.25) is 4.79 Å². The van der Waals surface area contributed by atoms with Gasteiger partial charge in [-0.25, -0.2) is 0 Å².